The van der Waals surface area contributed by atoms with Gasteiger partial charge in [-0.3, -0.25) is 9.69 Å². The van der Waals surface area contributed by atoms with Gasteiger partial charge in [-0.25, -0.2) is 0 Å². The van der Waals surface area contributed by atoms with Crippen molar-refractivity contribution in [1.29, 1.82) is 0 Å². The van der Waals surface area contributed by atoms with Gasteiger partial charge in [-0.1, -0.05) is 0 Å². The molecule has 1 aliphatic rings. The second-order valence-electron chi connectivity index (χ2n) is 4.71. The number of piperidine rings is 1. The second kappa shape index (κ2) is 8.42. The lowest BCUT2D eigenvalue weighted by atomic mass is 10.1. The van der Waals surface area contributed by atoms with Crippen LogP contribution < -0.4 is 5.73 Å². The zero-order chi connectivity index (χ0) is 13.4. The molecular weight excluding hydrogens is 234 g/mol. The number of aliphatic hydroxyl groups is 1. The summed E-state index contributed by atoms with van der Waals surface area (Å²) in [5.41, 5.74) is 5.83. The topological polar surface area (TPSA) is 79.0 Å². The van der Waals surface area contributed by atoms with E-state index in [2.05, 4.69) is 4.90 Å². The van der Waals surface area contributed by atoms with Crippen LogP contribution in [0.15, 0.2) is 0 Å². The van der Waals surface area contributed by atoms with Crippen LogP contribution in [0, 0.1) is 0 Å². The molecule has 0 bridgehead atoms. The Hall–Kier alpha value is -0.690. The average molecular weight is 259 g/mol. The van der Waals surface area contributed by atoms with Gasteiger partial charge in [0.1, 0.15) is 0 Å². The molecule has 0 saturated carbocycles. The molecule has 1 fully saturated rings. The zero-order valence-electron chi connectivity index (χ0n) is 11.2. The first-order chi connectivity index (χ1) is 8.67. The van der Waals surface area contributed by atoms with Gasteiger partial charge in [0.2, 0.25) is 5.91 Å². The van der Waals surface area contributed by atoms with E-state index in [1.165, 1.54) is 0 Å². The summed E-state index contributed by atoms with van der Waals surface area (Å²) in [7, 11) is 1.60. The SMILES string of the molecule is COCCN(CCO)C(=O)CN1CCC(N)CC1. The van der Waals surface area contributed by atoms with Crippen LogP contribution >= 0.6 is 0 Å². The van der Waals surface area contributed by atoms with Crippen molar-refractivity contribution < 1.29 is 14.6 Å². The Morgan fingerprint density at radius 1 is 1.44 bits per heavy atom. The van der Waals surface area contributed by atoms with Crippen LogP contribution in [0.1, 0.15) is 12.8 Å². The van der Waals surface area contributed by atoms with Crippen LogP contribution in [0.5, 0.6) is 0 Å². The van der Waals surface area contributed by atoms with Crippen LogP contribution in [0.3, 0.4) is 0 Å². The summed E-state index contributed by atoms with van der Waals surface area (Å²) >= 11 is 0. The molecule has 1 amide bonds. The number of amides is 1. The molecule has 0 aliphatic carbocycles. The highest BCUT2D eigenvalue weighted by Gasteiger charge is 2.20. The highest BCUT2D eigenvalue weighted by atomic mass is 16.5. The smallest absolute Gasteiger partial charge is 0.236 e. The molecule has 0 radical (unpaired) electrons. The zero-order valence-corrected chi connectivity index (χ0v) is 11.2. The summed E-state index contributed by atoms with van der Waals surface area (Å²) < 4.78 is 4.97. The van der Waals surface area contributed by atoms with Crippen molar-refractivity contribution in [2.24, 2.45) is 5.73 Å². The first kappa shape index (κ1) is 15.4. The first-order valence-corrected chi connectivity index (χ1v) is 6.53. The van der Waals surface area contributed by atoms with Gasteiger partial charge in [0.05, 0.1) is 19.8 Å². The third-order valence-corrected chi connectivity index (χ3v) is 3.28. The predicted molar refractivity (Wildman–Crippen MR) is 69.2 cm³/mol. The minimum atomic E-state index is -0.0136. The van der Waals surface area contributed by atoms with E-state index in [0.717, 1.165) is 25.9 Å². The van der Waals surface area contributed by atoms with Crippen LogP contribution in [0.2, 0.25) is 0 Å². The Morgan fingerprint density at radius 2 is 2.11 bits per heavy atom. The van der Waals surface area contributed by atoms with Crippen LogP contribution in [0.4, 0.5) is 0 Å². The summed E-state index contributed by atoms with van der Waals surface area (Å²) in [6.45, 7) is 3.56. The minimum Gasteiger partial charge on any atom is -0.395 e. The summed E-state index contributed by atoms with van der Waals surface area (Å²) in [5.74, 6) is 0.0524. The number of rotatable bonds is 7. The van der Waals surface area contributed by atoms with Crippen LogP contribution in [0.25, 0.3) is 0 Å². The maximum absolute atomic E-state index is 12.1. The number of carbonyl (C=O) groups is 1. The number of ether oxygens (including phenoxy) is 1. The number of carbonyl (C=O) groups excluding carboxylic acids is 1. The molecule has 0 atom stereocenters. The molecule has 1 aliphatic heterocycles. The fraction of sp³-hybridized carbons (Fsp3) is 0.917. The number of aliphatic hydroxyl groups excluding tert-OH is 1. The molecule has 0 aromatic carbocycles. The maximum Gasteiger partial charge on any atom is 0.236 e. The highest BCUT2D eigenvalue weighted by Crippen LogP contribution is 2.08. The van der Waals surface area contributed by atoms with Crippen molar-refractivity contribution in [1.82, 2.24) is 9.80 Å². The van der Waals surface area contributed by atoms with Gasteiger partial charge in [-0.2, -0.15) is 0 Å². The fourth-order valence-electron chi connectivity index (χ4n) is 2.09. The Morgan fingerprint density at radius 3 is 2.67 bits per heavy atom. The van der Waals surface area contributed by atoms with Gasteiger partial charge >= 0.3 is 0 Å². The minimum absolute atomic E-state index is 0.0136. The second-order valence-corrected chi connectivity index (χ2v) is 4.71. The molecule has 0 spiro atoms. The molecule has 6 nitrogen and oxygen atoms in total. The normalized spacial score (nSPS) is 17.9. The molecule has 0 aromatic rings. The van der Waals surface area contributed by atoms with Crippen molar-refractivity contribution >= 4 is 5.91 Å². The van der Waals surface area contributed by atoms with Crippen molar-refractivity contribution in [3.63, 3.8) is 0 Å². The lowest BCUT2D eigenvalue weighted by Gasteiger charge is -2.31. The Labute approximate surface area is 109 Å². The highest BCUT2D eigenvalue weighted by molar-refractivity contribution is 5.78. The molecule has 6 heteroatoms. The van der Waals surface area contributed by atoms with Crippen molar-refractivity contribution in [2.75, 3.05) is 53.0 Å². The van der Waals surface area contributed by atoms with Gasteiger partial charge in [-0.05, 0) is 12.8 Å². The van der Waals surface area contributed by atoms with E-state index in [0.29, 0.717) is 26.2 Å². The lowest BCUT2D eigenvalue weighted by molar-refractivity contribution is -0.133. The van der Waals surface area contributed by atoms with Crippen molar-refractivity contribution in [2.45, 2.75) is 18.9 Å². The van der Waals surface area contributed by atoms with E-state index in [4.69, 9.17) is 15.6 Å². The molecule has 1 heterocycles. The monoisotopic (exact) mass is 259 g/mol. The van der Waals surface area contributed by atoms with Crippen LogP contribution in [-0.4, -0.2) is 79.9 Å². The average Bonchev–Trinajstić information content (AvgIpc) is 2.37. The molecule has 3 N–H and O–H groups in total. The van der Waals surface area contributed by atoms with E-state index < -0.39 is 0 Å². The summed E-state index contributed by atoms with van der Waals surface area (Å²) in [4.78, 5) is 15.9. The lowest BCUT2D eigenvalue weighted by Crippen LogP contribution is -2.47. The summed E-state index contributed by atoms with van der Waals surface area (Å²) in [6, 6.07) is 0.276. The summed E-state index contributed by atoms with van der Waals surface area (Å²) in [5, 5.41) is 8.96. The first-order valence-electron chi connectivity index (χ1n) is 6.53. The quantitative estimate of drug-likeness (QED) is 0.605. The third kappa shape index (κ3) is 5.30. The van der Waals surface area contributed by atoms with E-state index in [1.54, 1.807) is 12.0 Å². The van der Waals surface area contributed by atoms with E-state index in [9.17, 15) is 4.79 Å². The van der Waals surface area contributed by atoms with E-state index >= 15 is 0 Å². The van der Waals surface area contributed by atoms with E-state index in [-0.39, 0.29) is 18.6 Å². The standard InChI is InChI=1S/C12H25N3O3/c1-18-9-7-15(6-8-16)12(17)10-14-4-2-11(13)3-5-14/h11,16H,2-10,13H2,1H3. The number of nitrogens with zero attached hydrogens (tertiary/aromatic N) is 2. The number of hydrogen-bond donors (Lipinski definition) is 2. The van der Waals surface area contributed by atoms with E-state index in [1.807, 2.05) is 0 Å². The number of hydrogen-bond acceptors (Lipinski definition) is 5. The van der Waals surface area contributed by atoms with Crippen LogP contribution in [-0.2, 0) is 9.53 Å². The molecule has 0 aromatic heterocycles. The number of nitrogens with two attached hydrogens (primary N) is 1. The molecule has 18 heavy (non-hydrogen) atoms. The van der Waals surface area contributed by atoms with Gasteiger partial charge in [0.25, 0.3) is 0 Å². The van der Waals surface area contributed by atoms with Gasteiger partial charge in [0, 0.05) is 39.3 Å². The van der Waals surface area contributed by atoms with Gasteiger partial charge in [-0.15, -0.1) is 0 Å². The van der Waals surface area contributed by atoms with Gasteiger partial charge in [0.15, 0.2) is 0 Å². The van der Waals surface area contributed by atoms with Crippen molar-refractivity contribution in [3.05, 3.63) is 0 Å². The Kier molecular flexibility index (Phi) is 7.19. The third-order valence-electron chi connectivity index (χ3n) is 3.28. The Balaban J connectivity index is 2.35. The molecule has 0 unspecified atom stereocenters. The molecule has 106 valence electrons. The number of methoxy groups -OCH3 is 1. The fourth-order valence-corrected chi connectivity index (χ4v) is 2.09. The van der Waals surface area contributed by atoms with Crippen molar-refractivity contribution in [3.8, 4) is 0 Å². The summed E-state index contributed by atoms with van der Waals surface area (Å²) in [6.07, 6.45) is 1.90. The predicted octanol–water partition coefficient (Wildman–Crippen LogP) is -1.12. The number of likely N-dealkylation sites (tertiary alicyclic amines) is 1. The Bertz CT molecular complexity index is 243. The largest absolute Gasteiger partial charge is 0.395 e. The maximum atomic E-state index is 12.1. The van der Waals surface area contributed by atoms with Gasteiger partial charge < -0.3 is 20.5 Å². The molecule has 1 saturated heterocycles. The molecule has 1 rings (SSSR count). The molecular formula is C12H25N3O3.